The van der Waals surface area contributed by atoms with Crippen molar-refractivity contribution in [2.45, 2.75) is 0 Å². The molecule has 17 rings (SSSR count). The van der Waals surface area contributed by atoms with Crippen molar-refractivity contribution < 1.29 is 4.42 Å². The van der Waals surface area contributed by atoms with E-state index < -0.39 is 0 Å². The van der Waals surface area contributed by atoms with Gasteiger partial charge in [-0.1, -0.05) is 194 Å². The predicted octanol–water partition coefficient (Wildman–Crippen LogP) is 21.9. The van der Waals surface area contributed by atoms with Gasteiger partial charge in [-0.15, -0.1) is 22.7 Å². The van der Waals surface area contributed by atoms with Gasteiger partial charge in [0.25, 0.3) is 0 Å². The lowest BCUT2D eigenvalue weighted by Crippen LogP contribution is -1.93. The Balaban J connectivity index is 1.01. The summed E-state index contributed by atoms with van der Waals surface area (Å²) in [4.78, 5) is 0. The van der Waals surface area contributed by atoms with Crippen molar-refractivity contribution in [1.82, 2.24) is 0 Å². The zero-order valence-corrected chi connectivity index (χ0v) is 42.0. The van der Waals surface area contributed by atoms with E-state index in [4.69, 9.17) is 4.42 Å². The first kappa shape index (κ1) is 41.4. The SMILES string of the molecule is c1ccc(-c2c3ccccc3c(-c3cc4cc(-c5c6ccccc6c(-c6ccc7oc8cc9ccccc9cc8c7c6)c6ccccc56)c5sc6ccccc6c5c4c4c3sc3ccccc34)c3ccccc23)cc1. The second-order valence-corrected chi connectivity index (χ2v) is 22.2. The van der Waals surface area contributed by atoms with Crippen LogP contribution in [0.25, 0.3) is 171 Å². The van der Waals surface area contributed by atoms with Gasteiger partial charge in [-0.25, -0.2) is 0 Å². The number of thiophene rings is 2. The fraction of sp³-hybridized carbons (Fsp3) is 0. The summed E-state index contributed by atoms with van der Waals surface area (Å²) in [6, 6.07) is 90.5. The van der Waals surface area contributed by atoms with Crippen LogP contribution in [0.2, 0.25) is 0 Å². The molecular formula is C72H40OS2. The number of rotatable bonds is 4. The molecule has 0 aliphatic heterocycles. The molecule has 0 spiro atoms. The lowest BCUT2D eigenvalue weighted by molar-refractivity contribution is 0.669. The summed E-state index contributed by atoms with van der Waals surface area (Å²) in [5.41, 5.74) is 11.8. The van der Waals surface area contributed by atoms with Crippen molar-refractivity contribution in [3.05, 3.63) is 243 Å². The van der Waals surface area contributed by atoms with Crippen LogP contribution in [0.15, 0.2) is 247 Å². The minimum atomic E-state index is 0.901. The Hall–Kier alpha value is -9.12. The molecule has 0 aliphatic carbocycles. The third-order valence-electron chi connectivity index (χ3n) is 16.2. The molecule has 0 fully saturated rings. The summed E-state index contributed by atoms with van der Waals surface area (Å²) < 4.78 is 11.8. The zero-order valence-electron chi connectivity index (χ0n) is 40.3. The topological polar surface area (TPSA) is 13.1 Å². The van der Waals surface area contributed by atoms with E-state index in [-0.39, 0.29) is 0 Å². The van der Waals surface area contributed by atoms with Crippen LogP contribution in [-0.2, 0) is 0 Å². The van der Waals surface area contributed by atoms with E-state index in [9.17, 15) is 0 Å². The van der Waals surface area contributed by atoms with E-state index in [2.05, 4.69) is 243 Å². The van der Waals surface area contributed by atoms with Gasteiger partial charge in [0.05, 0.1) is 0 Å². The normalized spacial score (nSPS) is 12.3. The highest BCUT2D eigenvalue weighted by Gasteiger charge is 2.26. The molecule has 0 amide bonds. The summed E-state index contributed by atoms with van der Waals surface area (Å²) in [6.45, 7) is 0. The molecule has 3 heterocycles. The fourth-order valence-electron chi connectivity index (χ4n) is 13.1. The Morgan fingerprint density at radius 2 is 0.640 bits per heavy atom. The van der Waals surface area contributed by atoms with Crippen molar-refractivity contribution in [2.75, 3.05) is 0 Å². The molecule has 0 aliphatic rings. The molecule has 14 aromatic carbocycles. The molecule has 75 heavy (non-hydrogen) atoms. The second-order valence-electron chi connectivity index (χ2n) is 20.1. The minimum absolute atomic E-state index is 0.901. The molecular weight excluding hydrogens is 945 g/mol. The molecule has 17 aromatic rings. The Bertz CT molecular complexity index is 5190. The largest absolute Gasteiger partial charge is 0.456 e. The van der Waals surface area contributed by atoms with Gasteiger partial charge in [-0.3, -0.25) is 0 Å². The number of hydrogen-bond acceptors (Lipinski definition) is 3. The van der Waals surface area contributed by atoms with E-state index >= 15 is 0 Å². The maximum atomic E-state index is 6.55. The first-order valence-corrected chi connectivity index (χ1v) is 27.4. The molecule has 0 bridgehead atoms. The highest BCUT2D eigenvalue weighted by Crippen LogP contribution is 2.55. The number of benzene rings is 14. The van der Waals surface area contributed by atoms with E-state index in [0.29, 0.717) is 0 Å². The monoisotopic (exact) mass is 984 g/mol. The summed E-state index contributed by atoms with van der Waals surface area (Å²) in [5, 5.41) is 22.5. The lowest BCUT2D eigenvalue weighted by atomic mass is 9.83. The van der Waals surface area contributed by atoms with E-state index in [0.717, 1.165) is 21.9 Å². The van der Waals surface area contributed by atoms with Gasteiger partial charge in [0.1, 0.15) is 11.2 Å². The van der Waals surface area contributed by atoms with Gasteiger partial charge >= 0.3 is 0 Å². The van der Waals surface area contributed by atoms with E-state index in [1.54, 1.807) is 0 Å². The van der Waals surface area contributed by atoms with Gasteiger partial charge in [0.2, 0.25) is 0 Å². The average Bonchev–Trinajstić information content (AvgIpc) is 4.25. The smallest absolute Gasteiger partial charge is 0.136 e. The van der Waals surface area contributed by atoms with Crippen LogP contribution in [-0.4, -0.2) is 0 Å². The van der Waals surface area contributed by atoms with Crippen LogP contribution < -0.4 is 0 Å². The summed E-state index contributed by atoms with van der Waals surface area (Å²) >= 11 is 3.87. The Labute approximate surface area is 438 Å². The third-order valence-corrected chi connectivity index (χ3v) is 18.6. The Kier molecular flexibility index (Phi) is 8.66. The maximum absolute atomic E-state index is 6.55. The van der Waals surface area contributed by atoms with Crippen molar-refractivity contribution in [3.63, 3.8) is 0 Å². The molecule has 0 N–H and O–H groups in total. The van der Waals surface area contributed by atoms with Crippen LogP contribution in [0.4, 0.5) is 0 Å². The first-order chi connectivity index (χ1) is 37.2. The van der Waals surface area contributed by atoms with Crippen LogP contribution in [0.3, 0.4) is 0 Å². The van der Waals surface area contributed by atoms with Crippen molar-refractivity contribution in [2.24, 2.45) is 0 Å². The lowest BCUT2D eigenvalue weighted by Gasteiger charge is -2.20. The minimum Gasteiger partial charge on any atom is -0.456 e. The van der Waals surface area contributed by atoms with Crippen LogP contribution in [0.1, 0.15) is 0 Å². The average molecular weight is 985 g/mol. The molecule has 0 saturated carbocycles. The van der Waals surface area contributed by atoms with E-state index in [1.165, 1.54) is 149 Å². The third kappa shape index (κ3) is 5.88. The van der Waals surface area contributed by atoms with Gasteiger partial charge in [0.15, 0.2) is 0 Å². The number of fused-ring (bicyclic) bond motifs is 17. The number of hydrogen-bond donors (Lipinski definition) is 0. The molecule has 0 atom stereocenters. The van der Waals surface area contributed by atoms with Crippen LogP contribution >= 0.6 is 22.7 Å². The molecule has 0 radical (unpaired) electrons. The molecule has 0 saturated heterocycles. The highest BCUT2D eigenvalue weighted by molar-refractivity contribution is 7.27. The number of furan rings is 1. The highest BCUT2D eigenvalue weighted by atomic mass is 32.1. The van der Waals surface area contributed by atoms with E-state index in [1.807, 2.05) is 22.7 Å². The van der Waals surface area contributed by atoms with Crippen molar-refractivity contribution in [3.8, 4) is 44.5 Å². The molecule has 3 heteroatoms. The predicted molar refractivity (Wildman–Crippen MR) is 326 cm³/mol. The fourth-order valence-corrected chi connectivity index (χ4v) is 15.5. The first-order valence-electron chi connectivity index (χ1n) is 25.7. The summed E-state index contributed by atoms with van der Waals surface area (Å²) in [7, 11) is 0. The Morgan fingerprint density at radius 1 is 0.240 bits per heavy atom. The molecule has 3 aromatic heterocycles. The van der Waals surface area contributed by atoms with Crippen LogP contribution in [0.5, 0.6) is 0 Å². The summed E-state index contributed by atoms with van der Waals surface area (Å²) in [5.74, 6) is 0. The van der Waals surface area contributed by atoms with Gasteiger partial charge in [-0.2, -0.15) is 0 Å². The molecule has 0 unspecified atom stereocenters. The van der Waals surface area contributed by atoms with Gasteiger partial charge in [0, 0.05) is 67.6 Å². The maximum Gasteiger partial charge on any atom is 0.136 e. The zero-order chi connectivity index (χ0) is 48.9. The summed E-state index contributed by atoms with van der Waals surface area (Å²) in [6.07, 6.45) is 0. The van der Waals surface area contributed by atoms with Gasteiger partial charge in [-0.05, 0) is 141 Å². The van der Waals surface area contributed by atoms with Crippen LogP contribution in [0, 0.1) is 0 Å². The standard InChI is InChI=1S/C72H40OS2/c1-2-18-41(19-3-1)64-46-22-6-10-26-50(46)67(51-27-11-7-23-47(51)64)58-38-45-39-59(72-70(55-31-15-17-33-63(55)75-72)66(45)69-54-30-14-16-32-62(54)74-71(58)69)68-52-28-12-8-24-48(52)65(49-25-9-13-29-53(49)68)44-34-35-60-56(37-44)57-36-42-20-4-5-21-43(42)40-61(57)73-60/h1-40H. The van der Waals surface area contributed by atoms with Crippen molar-refractivity contribution in [1.29, 1.82) is 0 Å². The van der Waals surface area contributed by atoms with Crippen molar-refractivity contribution >= 4 is 150 Å². The quantitative estimate of drug-likeness (QED) is 0.160. The van der Waals surface area contributed by atoms with Gasteiger partial charge < -0.3 is 4.42 Å². The molecule has 1 nitrogen and oxygen atoms in total. The molecule has 346 valence electrons. The Morgan fingerprint density at radius 3 is 1.15 bits per heavy atom. The second kappa shape index (κ2) is 15.7.